The Morgan fingerprint density at radius 1 is 1.08 bits per heavy atom. The van der Waals surface area contributed by atoms with E-state index in [9.17, 15) is 0 Å². The van der Waals surface area contributed by atoms with Crippen molar-refractivity contribution in [3.63, 3.8) is 0 Å². The predicted octanol–water partition coefficient (Wildman–Crippen LogP) is 2.33. The number of methoxy groups -OCH3 is 2. The fourth-order valence-electron chi connectivity index (χ4n) is 2.92. The Morgan fingerprint density at radius 2 is 1.80 bits per heavy atom. The number of ether oxygens (including phenoxy) is 2. The number of fused-ring (bicyclic) bond motifs is 1. The van der Waals surface area contributed by atoms with Crippen molar-refractivity contribution in [2.24, 2.45) is 0 Å². The Balaban J connectivity index is 2.18. The third-order valence-electron chi connectivity index (χ3n) is 4.19. The predicted molar refractivity (Wildman–Crippen MR) is 97.3 cm³/mol. The van der Waals surface area contributed by atoms with Crippen LogP contribution < -0.4 is 20.9 Å². The lowest BCUT2D eigenvalue weighted by molar-refractivity contribution is 0.385. The minimum atomic E-state index is 0.0643. The molecule has 0 saturated carbocycles. The van der Waals surface area contributed by atoms with Crippen LogP contribution in [-0.4, -0.2) is 33.7 Å². The van der Waals surface area contributed by atoms with Crippen LogP contribution in [0.2, 0.25) is 5.15 Å². The molecule has 0 amide bonds. The molecule has 0 aliphatic rings. The number of hydrogen-bond donors (Lipinski definition) is 2. The average Bonchev–Trinajstić information content (AvgIpc) is 2.87. The van der Waals surface area contributed by atoms with Crippen LogP contribution in [0.4, 0.5) is 11.9 Å². The van der Waals surface area contributed by atoms with E-state index in [0.29, 0.717) is 17.7 Å². The van der Waals surface area contributed by atoms with Gasteiger partial charge < -0.3 is 20.9 Å². The second-order valence-electron chi connectivity index (χ2n) is 5.62. The van der Waals surface area contributed by atoms with Gasteiger partial charge in [-0.05, 0) is 31.0 Å². The Kier molecular flexibility index (Phi) is 4.30. The summed E-state index contributed by atoms with van der Waals surface area (Å²) in [4.78, 5) is 12.4. The first-order chi connectivity index (χ1) is 11.9. The molecule has 0 bridgehead atoms. The quantitative estimate of drug-likeness (QED) is 0.684. The number of rotatable bonds is 4. The van der Waals surface area contributed by atoms with Crippen LogP contribution in [0.15, 0.2) is 6.07 Å². The highest BCUT2D eigenvalue weighted by atomic mass is 35.5. The summed E-state index contributed by atoms with van der Waals surface area (Å²) in [7, 11) is 3.25. The first-order valence-electron chi connectivity index (χ1n) is 7.53. The second kappa shape index (κ2) is 6.29. The zero-order chi connectivity index (χ0) is 18.3. The summed E-state index contributed by atoms with van der Waals surface area (Å²) in [6.07, 6.45) is 0. The SMILES string of the molecule is COc1cc(Cn2c(N)nc3c(Cl)nc(N)nc32)c(C)c(OC)c1C. The van der Waals surface area contributed by atoms with Gasteiger partial charge in [0.05, 0.1) is 20.8 Å². The van der Waals surface area contributed by atoms with E-state index in [1.807, 2.05) is 19.9 Å². The number of aromatic nitrogens is 4. The van der Waals surface area contributed by atoms with Gasteiger partial charge >= 0.3 is 0 Å². The summed E-state index contributed by atoms with van der Waals surface area (Å²) in [6, 6.07) is 1.95. The van der Waals surface area contributed by atoms with Crippen LogP contribution in [0.3, 0.4) is 0 Å². The van der Waals surface area contributed by atoms with Gasteiger partial charge in [0, 0.05) is 5.56 Å². The lowest BCUT2D eigenvalue weighted by Gasteiger charge is -2.17. The summed E-state index contributed by atoms with van der Waals surface area (Å²) in [5.74, 6) is 1.83. The van der Waals surface area contributed by atoms with Crippen molar-refractivity contribution in [1.29, 1.82) is 0 Å². The number of nitrogen functional groups attached to an aromatic ring is 2. The molecule has 2 heterocycles. The molecule has 3 aromatic rings. The molecule has 0 radical (unpaired) electrons. The number of nitrogens with zero attached hydrogens (tertiary/aromatic N) is 4. The van der Waals surface area contributed by atoms with E-state index in [4.69, 9.17) is 32.5 Å². The molecule has 0 saturated heterocycles. The summed E-state index contributed by atoms with van der Waals surface area (Å²) in [5, 5.41) is 0.170. The maximum absolute atomic E-state index is 6.10. The van der Waals surface area contributed by atoms with Crippen LogP contribution in [0.5, 0.6) is 11.5 Å². The molecule has 0 fully saturated rings. The van der Waals surface area contributed by atoms with Crippen molar-refractivity contribution < 1.29 is 9.47 Å². The molecule has 9 heteroatoms. The monoisotopic (exact) mass is 362 g/mol. The van der Waals surface area contributed by atoms with Gasteiger partial charge in [0.1, 0.15) is 17.0 Å². The Labute approximate surface area is 149 Å². The normalized spacial score (nSPS) is 11.1. The van der Waals surface area contributed by atoms with Crippen molar-refractivity contribution in [1.82, 2.24) is 19.5 Å². The van der Waals surface area contributed by atoms with E-state index >= 15 is 0 Å². The molecule has 0 spiro atoms. The minimum absolute atomic E-state index is 0.0643. The molecule has 2 aromatic heterocycles. The maximum Gasteiger partial charge on any atom is 0.223 e. The molecule has 0 unspecified atom stereocenters. The van der Waals surface area contributed by atoms with Crippen molar-refractivity contribution >= 4 is 34.7 Å². The van der Waals surface area contributed by atoms with Crippen LogP contribution in [-0.2, 0) is 6.54 Å². The first kappa shape index (κ1) is 17.1. The van der Waals surface area contributed by atoms with Crippen molar-refractivity contribution in [3.05, 3.63) is 27.9 Å². The fraction of sp³-hybridized carbons (Fsp3) is 0.312. The van der Waals surface area contributed by atoms with E-state index in [2.05, 4.69) is 15.0 Å². The molecular weight excluding hydrogens is 344 g/mol. The lowest BCUT2D eigenvalue weighted by Crippen LogP contribution is -2.09. The molecule has 8 nitrogen and oxygen atoms in total. The zero-order valence-corrected chi connectivity index (χ0v) is 15.2. The van der Waals surface area contributed by atoms with Gasteiger partial charge in [0.25, 0.3) is 0 Å². The van der Waals surface area contributed by atoms with Gasteiger partial charge in [-0.3, -0.25) is 4.57 Å². The highest BCUT2D eigenvalue weighted by molar-refractivity contribution is 6.33. The maximum atomic E-state index is 6.10. The molecule has 4 N–H and O–H groups in total. The van der Waals surface area contributed by atoms with Crippen LogP contribution in [0, 0.1) is 13.8 Å². The smallest absolute Gasteiger partial charge is 0.223 e. The van der Waals surface area contributed by atoms with Crippen molar-refractivity contribution in [3.8, 4) is 11.5 Å². The molecule has 0 atom stereocenters. The van der Waals surface area contributed by atoms with Gasteiger partial charge in [-0.25, -0.2) is 4.98 Å². The largest absolute Gasteiger partial charge is 0.496 e. The number of benzene rings is 1. The van der Waals surface area contributed by atoms with E-state index in [-0.39, 0.29) is 17.0 Å². The third kappa shape index (κ3) is 2.78. The second-order valence-corrected chi connectivity index (χ2v) is 5.98. The Bertz CT molecular complexity index is 969. The van der Waals surface area contributed by atoms with Gasteiger partial charge in [-0.15, -0.1) is 0 Å². The topological polar surface area (TPSA) is 114 Å². The van der Waals surface area contributed by atoms with Gasteiger partial charge in [0.15, 0.2) is 10.8 Å². The summed E-state index contributed by atoms with van der Waals surface area (Å²) in [5.41, 5.74) is 15.5. The van der Waals surface area contributed by atoms with Crippen molar-refractivity contribution in [2.75, 3.05) is 25.7 Å². The lowest BCUT2D eigenvalue weighted by atomic mass is 10.0. The van der Waals surface area contributed by atoms with Crippen LogP contribution in [0.25, 0.3) is 11.2 Å². The molecule has 0 aliphatic heterocycles. The summed E-state index contributed by atoms with van der Waals surface area (Å²) in [6.45, 7) is 4.34. The van der Waals surface area contributed by atoms with E-state index in [1.54, 1.807) is 18.8 Å². The fourth-order valence-corrected chi connectivity index (χ4v) is 3.14. The molecule has 1 aromatic carbocycles. The number of nitrogens with two attached hydrogens (primary N) is 2. The van der Waals surface area contributed by atoms with Crippen molar-refractivity contribution in [2.45, 2.75) is 20.4 Å². The van der Waals surface area contributed by atoms with Gasteiger partial charge in [-0.1, -0.05) is 11.6 Å². The van der Waals surface area contributed by atoms with Crippen LogP contribution >= 0.6 is 11.6 Å². The number of halogens is 1. The molecule has 132 valence electrons. The molecular formula is C16H19ClN6O2. The Morgan fingerprint density at radius 3 is 2.44 bits per heavy atom. The number of anilines is 2. The number of hydrogen-bond acceptors (Lipinski definition) is 7. The van der Waals surface area contributed by atoms with Gasteiger partial charge in [0.2, 0.25) is 11.9 Å². The van der Waals surface area contributed by atoms with Gasteiger partial charge in [-0.2, -0.15) is 9.97 Å². The summed E-state index contributed by atoms with van der Waals surface area (Å²) < 4.78 is 12.7. The first-order valence-corrected chi connectivity index (χ1v) is 7.91. The average molecular weight is 363 g/mol. The highest BCUT2D eigenvalue weighted by Crippen LogP contribution is 2.35. The van der Waals surface area contributed by atoms with E-state index < -0.39 is 0 Å². The highest BCUT2D eigenvalue weighted by Gasteiger charge is 2.18. The summed E-state index contributed by atoms with van der Waals surface area (Å²) >= 11 is 6.10. The number of imidazole rings is 1. The van der Waals surface area contributed by atoms with E-state index in [0.717, 1.165) is 28.2 Å². The zero-order valence-electron chi connectivity index (χ0n) is 14.4. The minimum Gasteiger partial charge on any atom is -0.496 e. The third-order valence-corrected chi connectivity index (χ3v) is 4.45. The molecule has 3 rings (SSSR count). The molecule has 0 aliphatic carbocycles. The standard InChI is InChI=1S/C16H19ClN6O2/c1-7-9(5-10(24-3)8(2)12(7)25-4)6-23-14-11(20-16(23)19)13(17)21-15(18)22-14/h5H,6H2,1-4H3,(H2,19,20)(H2,18,21,22). The Hall–Kier alpha value is -2.74. The molecule has 25 heavy (non-hydrogen) atoms. The van der Waals surface area contributed by atoms with E-state index in [1.165, 1.54) is 0 Å². The van der Waals surface area contributed by atoms with Crippen LogP contribution in [0.1, 0.15) is 16.7 Å².